The number of carbonyl (C=O) groups excluding carboxylic acids is 3. The molecule has 0 heterocycles. The molecule has 32 heavy (non-hydrogen) atoms. The van der Waals surface area contributed by atoms with Crippen molar-refractivity contribution < 1.29 is 34.8 Å². The monoisotopic (exact) mass is 437 g/mol. The molecule has 3 aliphatic rings. The van der Waals surface area contributed by atoms with Crippen molar-refractivity contribution in [3.8, 4) is 18.1 Å². The number of phenolic OH excluding ortho intramolecular Hbond substituents is 1. The highest BCUT2D eigenvalue weighted by atomic mass is 16.3. The van der Waals surface area contributed by atoms with Crippen LogP contribution in [0.25, 0.3) is 5.76 Å². The van der Waals surface area contributed by atoms with Crippen molar-refractivity contribution in [1.29, 1.82) is 0 Å². The van der Waals surface area contributed by atoms with E-state index in [0.29, 0.717) is 5.56 Å². The number of aromatic hydroxyl groups is 1. The zero-order valence-electron chi connectivity index (χ0n) is 17.6. The number of rotatable bonds is 2. The van der Waals surface area contributed by atoms with Crippen LogP contribution in [0.15, 0.2) is 23.0 Å². The lowest BCUT2D eigenvalue weighted by atomic mass is 9.59. The summed E-state index contributed by atoms with van der Waals surface area (Å²) < 4.78 is 0. The van der Waals surface area contributed by atoms with Crippen molar-refractivity contribution in [2.24, 2.45) is 17.6 Å². The topological polar surface area (TPSA) is 158 Å². The van der Waals surface area contributed by atoms with Crippen molar-refractivity contribution in [1.82, 2.24) is 0 Å². The number of aliphatic hydroxyl groups is 3. The highest BCUT2D eigenvalue weighted by molar-refractivity contribution is 6.22. The molecule has 3 aliphatic carbocycles. The van der Waals surface area contributed by atoms with Gasteiger partial charge in [0.05, 0.1) is 11.1 Å². The van der Waals surface area contributed by atoms with Crippen molar-refractivity contribution in [3.63, 3.8) is 0 Å². The molecule has 0 aliphatic heterocycles. The van der Waals surface area contributed by atoms with Crippen LogP contribution in [0.5, 0.6) is 5.75 Å². The third-order valence-corrected chi connectivity index (χ3v) is 6.88. The Kier molecular flexibility index (Phi) is 4.72. The van der Waals surface area contributed by atoms with E-state index >= 15 is 0 Å². The lowest BCUT2D eigenvalue weighted by Gasteiger charge is -2.46. The third kappa shape index (κ3) is 2.64. The molecule has 1 aromatic rings. The van der Waals surface area contributed by atoms with Gasteiger partial charge in [0, 0.05) is 17.9 Å². The number of aliphatic hydroxyl groups excluding tert-OH is 2. The summed E-state index contributed by atoms with van der Waals surface area (Å²) in [6.45, 7) is 3.87. The molecular formula is C24H23NO7. The summed E-state index contributed by atoms with van der Waals surface area (Å²) in [5, 5.41) is 43.6. The molecule has 1 saturated carbocycles. The summed E-state index contributed by atoms with van der Waals surface area (Å²) in [6, 6.07) is 1.68. The standard InChI is InChI=1S/C24H23NO7/c1-4-10-6-13(9(2)3)14-7-11-5-12-8-15(26)18(23(25)31)22(30)24(12,32)21(29)16(11)20(28)17(14)19(10)27/h1,6,9,11-12,27-28,30,32H,5,7-8H2,2-3H3,(H2,25,31)/t11-,12+,24+/m1/s1. The Bertz CT molecular complexity index is 1210. The van der Waals surface area contributed by atoms with Crippen molar-refractivity contribution in [3.05, 3.63) is 45.2 Å². The Morgan fingerprint density at radius 1 is 1.25 bits per heavy atom. The first-order valence-corrected chi connectivity index (χ1v) is 10.3. The Balaban J connectivity index is 1.99. The van der Waals surface area contributed by atoms with E-state index in [1.165, 1.54) is 0 Å². The number of phenols is 1. The molecule has 1 fully saturated rings. The lowest BCUT2D eigenvalue weighted by molar-refractivity contribution is -0.147. The SMILES string of the molecule is C#Cc1cc(C(C)C)c2c(c1O)C(O)=C1C(=O)[C@]3(O)C(O)=C(C(N)=O)C(=O)C[C@@H]3C[C@@H]1C2. The number of hydrogen-bond acceptors (Lipinski definition) is 7. The van der Waals surface area contributed by atoms with Crippen LogP contribution in [0.2, 0.25) is 0 Å². The second-order valence-electron chi connectivity index (χ2n) is 8.92. The Labute approximate surface area is 184 Å². The van der Waals surface area contributed by atoms with E-state index in [4.69, 9.17) is 12.2 Å². The second kappa shape index (κ2) is 6.97. The number of carbonyl (C=O) groups is 3. The first-order valence-electron chi connectivity index (χ1n) is 10.3. The van der Waals surface area contributed by atoms with Gasteiger partial charge in [-0.3, -0.25) is 14.4 Å². The summed E-state index contributed by atoms with van der Waals surface area (Å²) >= 11 is 0. The maximum absolute atomic E-state index is 13.5. The van der Waals surface area contributed by atoms with Gasteiger partial charge in [-0.15, -0.1) is 6.42 Å². The molecule has 0 spiro atoms. The minimum Gasteiger partial charge on any atom is -0.508 e. The number of fused-ring (bicyclic) bond motifs is 3. The molecule has 3 atom stereocenters. The minimum absolute atomic E-state index is 0.00313. The van der Waals surface area contributed by atoms with Crippen LogP contribution in [0.3, 0.4) is 0 Å². The molecule has 6 N–H and O–H groups in total. The fourth-order valence-corrected chi connectivity index (χ4v) is 5.34. The van der Waals surface area contributed by atoms with Gasteiger partial charge >= 0.3 is 0 Å². The molecule has 1 amide bonds. The fourth-order valence-electron chi connectivity index (χ4n) is 5.34. The molecule has 166 valence electrons. The molecule has 8 nitrogen and oxygen atoms in total. The van der Waals surface area contributed by atoms with E-state index in [2.05, 4.69) is 5.92 Å². The van der Waals surface area contributed by atoms with E-state index < -0.39 is 52.0 Å². The molecule has 1 aromatic carbocycles. The zero-order chi connectivity index (χ0) is 23.7. The molecule has 4 rings (SSSR count). The molecule has 0 bridgehead atoms. The summed E-state index contributed by atoms with van der Waals surface area (Å²) in [5.41, 5.74) is 3.24. The average molecular weight is 437 g/mol. The number of nitrogens with two attached hydrogens (primary N) is 1. The van der Waals surface area contributed by atoms with Gasteiger partial charge in [-0.1, -0.05) is 19.8 Å². The summed E-state index contributed by atoms with van der Waals surface area (Å²) in [4.78, 5) is 37.5. The van der Waals surface area contributed by atoms with Gasteiger partial charge in [0.25, 0.3) is 5.91 Å². The minimum atomic E-state index is -2.57. The first kappa shape index (κ1) is 21.7. The number of amides is 1. The largest absolute Gasteiger partial charge is 0.508 e. The van der Waals surface area contributed by atoms with Crippen molar-refractivity contribution >= 4 is 23.2 Å². The van der Waals surface area contributed by atoms with E-state index in [0.717, 1.165) is 5.56 Å². The summed E-state index contributed by atoms with van der Waals surface area (Å²) in [5.74, 6) is -4.18. The number of benzene rings is 1. The number of Topliss-reactive ketones (excluding diaryl/α,β-unsaturated/α-hetero) is 2. The number of primary amides is 1. The van der Waals surface area contributed by atoms with Crippen LogP contribution in [0, 0.1) is 24.2 Å². The highest BCUT2D eigenvalue weighted by Crippen LogP contribution is 2.53. The second-order valence-corrected chi connectivity index (χ2v) is 8.92. The maximum atomic E-state index is 13.5. The van der Waals surface area contributed by atoms with E-state index in [-0.39, 0.29) is 47.6 Å². The van der Waals surface area contributed by atoms with E-state index in [1.807, 2.05) is 13.8 Å². The van der Waals surface area contributed by atoms with Gasteiger partial charge < -0.3 is 26.2 Å². The highest BCUT2D eigenvalue weighted by Gasteiger charge is 2.60. The number of terminal acetylenes is 1. The van der Waals surface area contributed by atoms with E-state index in [9.17, 15) is 34.8 Å². The summed E-state index contributed by atoms with van der Waals surface area (Å²) in [6.07, 6.45) is 5.52. The van der Waals surface area contributed by atoms with Crippen molar-refractivity contribution in [2.45, 2.75) is 44.6 Å². The molecule has 0 saturated heterocycles. The molecule has 8 heteroatoms. The predicted octanol–water partition coefficient (Wildman–Crippen LogP) is 1.53. The van der Waals surface area contributed by atoms with E-state index in [1.54, 1.807) is 6.07 Å². The number of ketones is 2. The smallest absolute Gasteiger partial charge is 0.255 e. The Morgan fingerprint density at radius 2 is 1.91 bits per heavy atom. The molecular weight excluding hydrogens is 414 g/mol. The zero-order valence-corrected chi connectivity index (χ0v) is 17.6. The fraction of sp³-hybridized carbons (Fsp3) is 0.375. The average Bonchev–Trinajstić information content (AvgIpc) is 2.70. The van der Waals surface area contributed by atoms with Gasteiger partial charge in [-0.2, -0.15) is 0 Å². The van der Waals surface area contributed by atoms with Gasteiger partial charge in [-0.25, -0.2) is 0 Å². The van der Waals surface area contributed by atoms with Gasteiger partial charge in [-0.05, 0) is 41.9 Å². The maximum Gasteiger partial charge on any atom is 0.255 e. The predicted molar refractivity (Wildman–Crippen MR) is 113 cm³/mol. The molecule has 0 unspecified atom stereocenters. The van der Waals surface area contributed by atoms with Gasteiger partial charge in [0.1, 0.15) is 22.8 Å². The van der Waals surface area contributed by atoms with Crippen molar-refractivity contribution in [2.75, 3.05) is 0 Å². The van der Waals surface area contributed by atoms with Crippen LogP contribution >= 0.6 is 0 Å². The molecule has 0 radical (unpaired) electrons. The Hall–Kier alpha value is -3.57. The number of hydrogen-bond donors (Lipinski definition) is 5. The first-order chi connectivity index (χ1) is 14.9. The molecule has 0 aromatic heterocycles. The van der Waals surface area contributed by atoms with Crippen LogP contribution in [-0.4, -0.2) is 43.5 Å². The van der Waals surface area contributed by atoms with Crippen LogP contribution < -0.4 is 5.73 Å². The lowest BCUT2D eigenvalue weighted by Crippen LogP contribution is -2.58. The Morgan fingerprint density at radius 3 is 2.47 bits per heavy atom. The third-order valence-electron chi connectivity index (χ3n) is 6.88. The summed E-state index contributed by atoms with van der Waals surface area (Å²) in [7, 11) is 0. The van der Waals surface area contributed by atoms with Gasteiger partial charge in [0.2, 0.25) is 5.78 Å². The van der Waals surface area contributed by atoms with Crippen LogP contribution in [-0.2, 0) is 20.8 Å². The van der Waals surface area contributed by atoms with Gasteiger partial charge in [0.15, 0.2) is 11.4 Å². The quantitative estimate of drug-likeness (QED) is 0.347. The van der Waals surface area contributed by atoms with Crippen LogP contribution in [0.1, 0.15) is 54.9 Å². The van der Waals surface area contributed by atoms with Crippen LogP contribution in [0.4, 0.5) is 0 Å². The normalized spacial score (nSPS) is 27.1.